The number of likely N-dealkylation sites (tertiary alicyclic amines) is 1. The number of alkyl halides is 1. The minimum atomic E-state index is -1.04. The molecule has 5 nitrogen and oxygen atoms in total. The van der Waals surface area contributed by atoms with E-state index in [-0.39, 0.29) is 29.9 Å². The molecule has 0 aromatic heterocycles. The first-order valence-corrected chi connectivity index (χ1v) is 11.9. The van der Waals surface area contributed by atoms with Crippen LogP contribution in [0.4, 0.5) is 8.78 Å². The van der Waals surface area contributed by atoms with Crippen LogP contribution in [0.15, 0.2) is 23.8 Å². The molecule has 180 valence electrons. The molecule has 1 saturated heterocycles. The minimum absolute atomic E-state index is 0.0481. The van der Waals surface area contributed by atoms with Gasteiger partial charge in [-0.3, -0.25) is 9.59 Å². The fraction of sp³-hybridized carbons (Fsp3) is 0.615. The number of hydrogen-bond acceptors (Lipinski definition) is 3. The van der Waals surface area contributed by atoms with Gasteiger partial charge in [0, 0.05) is 23.9 Å². The van der Waals surface area contributed by atoms with Gasteiger partial charge in [0.1, 0.15) is 17.7 Å². The highest BCUT2D eigenvalue weighted by Gasteiger charge is 2.41. The maximum atomic E-state index is 15.0. The summed E-state index contributed by atoms with van der Waals surface area (Å²) in [6, 6.07) is 3.08. The molecule has 4 aliphatic rings. The number of fused-ring (bicyclic) bond motifs is 2. The lowest BCUT2D eigenvalue weighted by atomic mass is 9.72. The molecule has 1 aromatic carbocycles. The summed E-state index contributed by atoms with van der Waals surface area (Å²) in [7, 11) is 0. The monoisotopic (exact) mass is 461 g/mol. The van der Waals surface area contributed by atoms with E-state index in [0.29, 0.717) is 30.7 Å². The van der Waals surface area contributed by atoms with Gasteiger partial charge < -0.3 is 14.7 Å². The van der Waals surface area contributed by atoms with Crippen LogP contribution in [-0.2, 0) is 4.79 Å². The molecule has 0 spiro atoms. The van der Waals surface area contributed by atoms with Crippen LogP contribution in [0, 0.1) is 23.1 Å². The van der Waals surface area contributed by atoms with Crippen molar-refractivity contribution in [2.45, 2.75) is 64.5 Å². The van der Waals surface area contributed by atoms with Gasteiger partial charge in [0.2, 0.25) is 0 Å². The van der Waals surface area contributed by atoms with E-state index >= 15 is 0 Å². The van der Waals surface area contributed by atoms with Gasteiger partial charge in [-0.25, -0.2) is 8.78 Å². The zero-order valence-corrected chi connectivity index (χ0v) is 19.4. The molecule has 4 unspecified atom stereocenters. The molecule has 2 saturated carbocycles. The zero-order valence-electron chi connectivity index (χ0n) is 19.4. The van der Waals surface area contributed by atoms with E-state index < -0.39 is 17.9 Å². The molecule has 3 aliphatic carbocycles. The fourth-order valence-corrected chi connectivity index (χ4v) is 5.79. The molecule has 3 fully saturated rings. The van der Waals surface area contributed by atoms with Gasteiger partial charge in [-0.2, -0.15) is 0 Å². The highest BCUT2D eigenvalue weighted by atomic mass is 19.1. The minimum Gasteiger partial charge on any atom is -0.493 e. The van der Waals surface area contributed by atoms with Gasteiger partial charge in [-0.05, 0) is 62.0 Å². The third kappa shape index (κ3) is 5.07. The predicted octanol–water partition coefficient (Wildman–Crippen LogP) is 5.35. The number of nitrogens with zero attached hydrogens (tertiary/aromatic N) is 1. The average Bonchev–Trinajstić information content (AvgIpc) is 3.49. The summed E-state index contributed by atoms with van der Waals surface area (Å²) in [4.78, 5) is 22.7. The van der Waals surface area contributed by atoms with Gasteiger partial charge >= 0.3 is 0 Å². The van der Waals surface area contributed by atoms with Crippen LogP contribution in [0.25, 0.3) is 0 Å². The molecule has 1 N–H and O–H groups in total. The molecule has 4 atom stereocenters. The smallest absolute Gasteiger partial charge is 0.290 e. The van der Waals surface area contributed by atoms with Crippen LogP contribution in [0.3, 0.4) is 0 Å². The standard InChI is InChI=1S/C25H31F2NO2.CH2O2/c1-15-7-17-5-6-25(10-15,11-17)14-30-23-9-21(26)20(8-19(23)18-3-4-18)24(29)28-12-16(2)22(27)13-28;2-1-3/h5,8-9,15-16,18,22H,3-4,6-7,10-14H2,1-2H3;1H,(H,2,3). The second-order valence-electron chi connectivity index (χ2n) is 10.5. The molecule has 1 amide bonds. The maximum Gasteiger partial charge on any atom is 0.290 e. The number of ether oxygens (including phenoxy) is 1. The van der Waals surface area contributed by atoms with Crippen molar-refractivity contribution in [1.29, 1.82) is 0 Å². The molecule has 2 bridgehead atoms. The summed E-state index contributed by atoms with van der Waals surface area (Å²) in [5, 5.41) is 6.89. The normalized spacial score (nSPS) is 30.4. The second-order valence-corrected chi connectivity index (χ2v) is 10.5. The fourth-order valence-electron chi connectivity index (χ4n) is 5.79. The van der Waals surface area contributed by atoms with E-state index in [2.05, 4.69) is 13.0 Å². The quantitative estimate of drug-likeness (QED) is 0.474. The first kappa shape index (κ1) is 23.7. The van der Waals surface area contributed by atoms with Gasteiger partial charge in [0.15, 0.2) is 0 Å². The molecule has 0 radical (unpaired) electrons. The Bertz CT molecular complexity index is 934. The van der Waals surface area contributed by atoms with Crippen molar-refractivity contribution in [2.24, 2.45) is 17.3 Å². The van der Waals surface area contributed by atoms with E-state index in [0.717, 1.165) is 37.7 Å². The first-order chi connectivity index (χ1) is 15.7. The Balaban J connectivity index is 0.000000821. The van der Waals surface area contributed by atoms with Crippen molar-refractivity contribution in [3.8, 4) is 5.75 Å². The van der Waals surface area contributed by atoms with Crippen molar-refractivity contribution >= 4 is 12.4 Å². The van der Waals surface area contributed by atoms with E-state index in [1.54, 1.807) is 13.0 Å². The van der Waals surface area contributed by atoms with Crippen molar-refractivity contribution in [3.63, 3.8) is 0 Å². The molecule has 5 rings (SSSR count). The van der Waals surface area contributed by atoms with Crippen molar-refractivity contribution < 1.29 is 28.2 Å². The van der Waals surface area contributed by atoms with Crippen molar-refractivity contribution in [1.82, 2.24) is 4.90 Å². The lowest BCUT2D eigenvalue weighted by molar-refractivity contribution is -0.122. The number of carboxylic acid groups (broad SMARTS) is 1. The Kier molecular flexibility index (Phi) is 6.78. The number of amides is 1. The summed E-state index contributed by atoms with van der Waals surface area (Å²) in [6.45, 7) is 4.82. The Labute approximate surface area is 193 Å². The van der Waals surface area contributed by atoms with E-state index in [9.17, 15) is 13.6 Å². The average molecular weight is 462 g/mol. The Morgan fingerprint density at radius 3 is 2.67 bits per heavy atom. The Morgan fingerprint density at radius 1 is 1.30 bits per heavy atom. The summed E-state index contributed by atoms with van der Waals surface area (Å²) in [6.07, 6.45) is 7.87. The molecular formula is C26H33F2NO4. The highest BCUT2D eigenvalue weighted by molar-refractivity contribution is 5.95. The Hall–Kier alpha value is -2.44. The summed E-state index contributed by atoms with van der Waals surface area (Å²) in [5.41, 5.74) is 2.67. The van der Waals surface area contributed by atoms with Gasteiger partial charge in [0.05, 0.1) is 18.7 Å². The number of allylic oxidation sites excluding steroid dienone is 2. The van der Waals surface area contributed by atoms with E-state index in [1.807, 2.05) is 0 Å². The third-order valence-corrected chi connectivity index (χ3v) is 7.51. The van der Waals surface area contributed by atoms with Gasteiger partial charge in [0.25, 0.3) is 12.4 Å². The van der Waals surface area contributed by atoms with Crippen LogP contribution in [0.5, 0.6) is 5.75 Å². The lowest BCUT2D eigenvalue weighted by Gasteiger charge is -2.36. The lowest BCUT2D eigenvalue weighted by Crippen LogP contribution is -2.31. The number of halogens is 2. The third-order valence-electron chi connectivity index (χ3n) is 7.51. The zero-order chi connectivity index (χ0) is 23.8. The molecular weight excluding hydrogens is 428 g/mol. The van der Waals surface area contributed by atoms with Crippen molar-refractivity contribution in [2.75, 3.05) is 19.7 Å². The summed E-state index contributed by atoms with van der Waals surface area (Å²) < 4.78 is 35.1. The number of carbonyl (C=O) groups is 2. The number of carbonyl (C=O) groups excluding carboxylic acids is 1. The molecule has 1 aliphatic heterocycles. The predicted molar refractivity (Wildman–Crippen MR) is 121 cm³/mol. The number of hydrogen-bond donors (Lipinski definition) is 1. The van der Waals surface area contributed by atoms with Crippen LogP contribution in [0.1, 0.15) is 74.2 Å². The van der Waals surface area contributed by atoms with Crippen LogP contribution < -0.4 is 4.74 Å². The summed E-state index contributed by atoms with van der Waals surface area (Å²) in [5.74, 6) is 0.415. The van der Waals surface area contributed by atoms with Crippen molar-refractivity contribution in [3.05, 3.63) is 40.7 Å². The number of benzene rings is 1. The maximum absolute atomic E-state index is 15.0. The molecule has 1 aromatic rings. The number of rotatable bonds is 5. The summed E-state index contributed by atoms with van der Waals surface area (Å²) >= 11 is 0. The van der Waals surface area contributed by atoms with Crippen LogP contribution in [0.2, 0.25) is 0 Å². The van der Waals surface area contributed by atoms with Gasteiger partial charge in [-0.1, -0.05) is 25.5 Å². The second kappa shape index (κ2) is 9.43. The Morgan fingerprint density at radius 2 is 2.03 bits per heavy atom. The SMILES string of the molecule is CC1CC2=CCC(COc3cc(F)c(C(=O)N4CC(C)C(F)C4)cc3C3CC3)(C2)C1.O=CO. The van der Waals surface area contributed by atoms with Crippen LogP contribution >= 0.6 is 0 Å². The van der Waals surface area contributed by atoms with Crippen LogP contribution in [-0.4, -0.2) is 48.3 Å². The van der Waals surface area contributed by atoms with Gasteiger partial charge in [-0.15, -0.1) is 0 Å². The molecule has 1 heterocycles. The molecule has 33 heavy (non-hydrogen) atoms. The van der Waals surface area contributed by atoms with E-state index in [4.69, 9.17) is 14.6 Å². The highest BCUT2D eigenvalue weighted by Crippen LogP contribution is 2.51. The topological polar surface area (TPSA) is 66.8 Å². The molecule has 7 heteroatoms. The largest absolute Gasteiger partial charge is 0.493 e. The van der Waals surface area contributed by atoms with E-state index in [1.165, 1.54) is 23.0 Å². The first-order valence-electron chi connectivity index (χ1n) is 11.9.